The van der Waals surface area contributed by atoms with Gasteiger partial charge in [-0.25, -0.2) is 0 Å². The molecule has 26 heavy (non-hydrogen) atoms. The molecule has 6 heteroatoms. The predicted molar refractivity (Wildman–Crippen MR) is 100 cm³/mol. The molecule has 1 aromatic rings. The molecule has 140 valence electrons. The van der Waals surface area contributed by atoms with E-state index >= 15 is 0 Å². The molecule has 6 nitrogen and oxygen atoms in total. The number of ether oxygens (including phenoxy) is 1. The Morgan fingerprint density at radius 2 is 1.73 bits per heavy atom. The molecule has 1 aliphatic carbocycles. The summed E-state index contributed by atoms with van der Waals surface area (Å²) in [6.07, 6.45) is 3.84. The number of carbonyl (C=O) groups excluding carboxylic acids is 3. The maximum absolute atomic E-state index is 12.8. The highest BCUT2D eigenvalue weighted by Gasteiger charge is 2.20. The van der Waals surface area contributed by atoms with Gasteiger partial charge in [0, 0.05) is 36.6 Å². The molecule has 0 saturated carbocycles. The van der Waals surface area contributed by atoms with Crippen LogP contribution in [0.25, 0.3) is 0 Å². The van der Waals surface area contributed by atoms with E-state index in [1.807, 2.05) is 7.05 Å². The number of nitrogens with zero attached hydrogens (tertiary/aromatic N) is 1. The molecule has 0 heterocycles. The quantitative estimate of drug-likeness (QED) is 0.723. The summed E-state index contributed by atoms with van der Waals surface area (Å²) >= 11 is 0. The molecule has 2 rings (SSSR count). The van der Waals surface area contributed by atoms with Crippen molar-refractivity contribution in [2.75, 3.05) is 32.2 Å². The highest BCUT2D eigenvalue weighted by molar-refractivity contribution is 6.09. The van der Waals surface area contributed by atoms with E-state index in [0.717, 1.165) is 37.0 Å². The zero-order chi connectivity index (χ0) is 19.1. The second-order valence-electron chi connectivity index (χ2n) is 6.44. The Bertz CT molecular complexity index is 707. The molecule has 1 N–H and O–H groups in total. The smallest absolute Gasteiger partial charge is 0.252 e. The number of carbonyl (C=O) groups is 3. The number of Topliss-reactive ketones (excluding diaryl/α,β-unsaturated/α-hetero) is 2. The maximum atomic E-state index is 12.8. The Labute approximate surface area is 154 Å². The summed E-state index contributed by atoms with van der Waals surface area (Å²) in [5, 5.41) is 3.14. The van der Waals surface area contributed by atoms with Crippen molar-refractivity contribution in [3.8, 4) is 0 Å². The van der Waals surface area contributed by atoms with Crippen LogP contribution in [0, 0.1) is 0 Å². The molecule has 1 aliphatic rings. The average Bonchev–Trinajstić information content (AvgIpc) is 2.66. The highest BCUT2D eigenvalue weighted by Crippen LogP contribution is 2.26. The van der Waals surface area contributed by atoms with Gasteiger partial charge in [-0.1, -0.05) is 0 Å². The first-order valence-electron chi connectivity index (χ1n) is 8.82. The van der Waals surface area contributed by atoms with Crippen LogP contribution >= 0.6 is 0 Å². The van der Waals surface area contributed by atoms with Crippen molar-refractivity contribution >= 4 is 23.2 Å². The van der Waals surface area contributed by atoms with Gasteiger partial charge in [-0.05, 0) is 56.9 Å². The van der Waals surface area contributed by atoms with E-state index in [2.05, 4.69) is 5.32 Å². The van der Waals surface area contributed by atoms with E-state index in [4.69, 9.17) is 4.74 Å². The molecule has 1 aromatic carbocycles. The van der Waals surface area contributed by atoms with Crippen molar-refractivity contribution in [2.24, 2.45) is 0 Å². The van der Waals surface area contributed by atoms with Crippen molar-refractivity contribution in [1.82, 2.24) is 5.32 Å². The molecule has 0 saturated heterocycles. The van der Waals surface area contributed by atoms with Crippen LogP contribution in [-0.4, -0.2) is 44.8 Å². The topological polar surface area (TPSA) is 75.7 Å². The van der Waals surface area contributed by atoms with Gasteiger partial charge < -0.3 is 15.0 Å². The van der Waals surface area contributed by atoms with Gasteiger partial charge in [0.25, 0.3) is 5.91 Å². The molecule has 0 fully saturated rings. The van der Waals surface area contributed by atoms with Crippen LogP contribution < -0.4 is 10.2 Å². The number of allylic oxidation sites excluding steroid dienone is 2. The van der Waals surface area contributed by atoms with Crippen molar-refractivity contribution in [3.63, 3.8) is 0 Å². The minimum Gasteiger partial charge on any atom is -0.391 e. The minimum absolute atomic E-state index is 0.0411. The van der Waals surface area contributed by atoms with E-state index < -0.39 is 0 Å². The number of benzene rings is 1. The lowest BCUT2D eigenvalue weighted by Crippen LogP contribution is -2.30. The summed E-state index contributed by atoms with van der Waals surface area (Å²) in [4.78, 5) is 37.1. The number of hydrogen-bond donors (Lipinski definition) is 1. The molecule has 0 bridgehead atoms. The summed E-state index contributed by atoms with van der Waals surface area (Å²) in [5.41, 5.74) is 3.17. The lowest BCUT2D eigenvalue weighted by atomic mass is 9.90. The second-order valence-corrected chi connectivity index (χ2v) is 6.44. The van der Waals surface area contributed by atoms with E-state index in [1.165, 1.54) is 11.8 Å². The van der Waals surface area contributed by atoms with Crippen molar-refractivity contribution < 1.29 is 19.1 Å². The Morgan fingerprint density at radius 1 is 1.08 bits per heavy atom. The van der Waals surface area contributed by atoms with Gasteiger partial charge in [0.2, 0.25) is 0 Å². The number of anilines is 1. The van der Waals surface area contributed by atoms with Gasteiger partial charge >= 0.3 is 0 Å². The first kappa shape index (κ1) is 19.8. The van der Waals surface area contributed by atoms with Gasteiger partial charge in [-0.2, -0.15) is 0 Å². The number of amides is 1. The summed E-state index contributed by atoms with van der Waals surface area (Å²) in [6, 6.07) is 6.98. The zero-order valence-corrected chi connectivity index (χ0v) is 15.6. The zero-order valence-electron chi connectivity index (χ0n) is 15.6. The third-order valence-electron chi connectivity index (χ3n) is 4.47. The van der Waals surface area contributed by atoms with Gasteiger partial charge in [-0.15, -0.1) is 0 Å². The molecule has 1 amide bonds. The largest absolute Gasteiger partial charge is 0.391 e. The average molecular weight is 358 g/mol. The monoisotopic (exact) mass is 358 g/mol. The summed E-state index contributed by atoms with van der Waals surface area (Å²) < 4.78 is 5.06. The van der Waals surface area contributed by atoms with E-state index in [0.29, 0.717) is 11.3 Å². The normalized spacial score (nSPS) is 14.1. The van der Waals surface area contributed by atoms with Gasteiger partial charge in [0.1, 0.15) is 13.2 Å². The van der Waals surface area contributed by atoms with Crippen molar-refractivity contribution in [2.45, 2.75) is 32.6 Å². The van der Waals surface area contributed by atoms with Crippen LogP contribution in [-0.2, 0) is 14.3 Å². The summed E-state index contributed by atoms with van der Waals surface area (Å²) in [5.74, 6) is -0.335. The minimum atomic E-state index is -0.252. The van der Waals surface area contributed by atoms with Gasteiger partial charge in [0.05, 0.1) is 0 Å². The first-order valence-corrected chi connectivity index (χ1v) is 8.82. The van der Waals surface area contributed by atoms with Crippen LogP contribution in [0.1, 0.15) is 43.0 Å². The Balaban J connectivity index is 2.05. The van der Waals surface area contributed by atoms with Crippen LogP contribution in [0.3, 0.4) is 0 Å². The molecular formula is C20H26N2O4. The summed E-state index contributed by atoms with van der Waals surface area (Å²) in [6.45, 7) is 1.18. The highest BCUT2D eigenvalue weighted by atomic mass is 16.5. The lowest BCUT2D eigenvalue weighted by Gasteiger charge is -2.20. The van der Waals surface area contributed by atoms with Crippen LogP contribution in [0.15, 0.2) is 35.5 Å². The predicted octanol–water partition coefficient (Wildman–Crippen LogP) is 2.49. The Morgan fingerprint density at radius 3 is 2.35 bits per heavy atom. The Kier molecular flexibility index (Phi) is 7.09. The second kappa shape index (κ2) is 9.29. The lowest BCUT2D eigenvalue weighted by molar-refractivity contribution is -0.127. The molecular weight excluding hydrogens is 332 g/mol. The molecule has 0 atom stereocenters. The number of hydrogen-bond acceptors (Lipinski definition) is 5. The van der Waals surface area contributed by atoms with Gasteiger partial charge in [-0.3, -0.25) is 14.4 Å². The van der Waals surface area contributed by atoms with Crippen molar-refractivity contribution in [1.29, 1.82) is 0 Å². The van der Waals surface area contributed by atoms with Crippen molar-refractivity contribution in [3.05, 3.63) is 41.1 Å². The SMILES string of the molecule is CNC1=C(C(=O)c2ccc(N(C)C(=O)COCC(C)=O)cc2)CCCC1. The third kappa shape index (κ3) is 5.02. The van der Waals surface area contributed by atoms with E-state index in [-0.39, 0.29) is 30.7 Å². The first-order chi connectivity index (χ1) is 12.4. The number of ketones is 2. The fourth-order valence-electron chi connectivity index (χ4n) is 2.97. The maximum Gasteiger partial charge on any atom is 0.252 e. The van der Waals surface area contributed by atoms with Crippen LogP contribution in [0.2, 0.25) is 0 Å². The van der Waals surface area contributed by atoms with E-state index in [1.54, 1.807) is 31.3 Å². The number of rotatable bonds is 8. The fourth-order valence-corrected chi connectivity index (χ4v) is 2.97. The van der Waals surface area contributed by atoms with Gasteiger partial charge in [0.15, 0.2) is 11.6 Å². The Hall–Kier alpha value is -2.47. The molecule has 0 unspecified atom stereocenters. The standard InChI is InChI=1S/C20H26N2O4/c1-14(23)12-26-13-19(24)22(3)16-10-8-15(9-11-16)20(25)17-6-4-5-7-18(17)21-2/h8-11,21H,4-7,12-13H2,1-3H3. The third-order valence-corrected chi connectivity index (χ3v) is 4.47. The van der Waals surface area contributed by atoms with E-state index in [9.17, 15) is 14.4 Å². The molecule has 0 aliphatic heterocycles. The molecule has 0 radical (unpaired) electrons. The number of nitrogens with one attached hydrogen (secondary N) is 1. The molecule has 0 aromatic heterocycles. The fraction of sp³-hybridized carbons (Fsp3) is 0.450. The van der Waals surface area contributed by atoms with Crippen LogP contribution in [0.5, 0.6) is 0 Å². The van der Waals surface area contributed by atoms with Crippen LogP contribution in [0.4, 0.5) is 5.69 Å². The summed E-state index contributed by atoms with van der Waals surface area (Å²) in [7, 11) is 3.49. The number of likely N-dealkylation sites (N-methyl/N-ethyl adjacent to an activating group) is 1. The molecule has 0 spiro atoms.